The van der Waals surface area contributed by atoms with E-state index in [4.69, 9.17) is 4.74 Å². The monoisotopic (exact) mass is 228 g/mol. The van der Waals surface area contributed by atoms with Crippen LogP contribution < -0.4 is 4.74 Å². The number of nitrogens with zero attached hydrogens (tertiary/aromatic N) is 2. The van der Waals surface area contributed by atoms with E-state index in [9.17, 15) is 0 Å². The Morgan fingerprint density at radius 2 is 2.00 bits per heavy atom. The highest BCUT2D eigenvalue weighted by molar-refractivity contribution is 5.36. The topological polar surface area (TPSA) is 27.1 Å². The van der Waals surface area contributed by atoms with Gasteiger partial charge >= 0.3 is 0 Å². The minimum atomic E-state index is 0.477. The van der Waals surface area contributed by atoms with Gasteiger partial charge in [0.15, 0.2) is 0 Å². The smallest absolute Gasteiger partial charge is 0.233 e. The molecular weight excluding hydrogens is 212 g/mol. The van der Waals surface area contributed by atoms with E-state index in [1.807, 2.05) is 29.8 Å². The average Bonchev–Trinajstić information content (AvgIpc) is 2.69. The molecule has 0 saturated carbocycles. The van der Waals surface area contributed by atoms with Gasteiger partial charge in [-0.2, -0.15) is 0 Å². The average molecular weight is 228 g/mol. The van der Waals surface area contributed by atoms with Crippen molar-refractivity contribution >= 4 is 0 Å². The Morgan fingerprint density at radius 3 is 2.65 bits per heavy atom. The Balaban J connectivity index is 2.29. The van der Waals surface area contributed by atoms with Gasteiger partial charge in [0.25, 0.3) is 0 Å². The van der Waals surface area contributed by atoms with Crippen molar-refractivity contribution in [3.05, 3.63) is 54.2 Å². The van der Waals surface area contributed by atoms with Gasteiger partial charge in [0, 0.05) is 11.8 Å². The lowest BCUT2D eigenvalue weighted by molar-refractivity contribution is 0.346. The molecule has 0 atom stereocenters. The van der Waals surface area contributed by atoms with Crippen molar-refractivity contribution in [3.8, 4) is 11.6 Å². The summed E-state index contributed by atoms with van der Waals surface area (Å²) in [5.74, 6) is 0.628. The predicted molar refractivity (Wildman–Crippen MR) is 68.7 cm³/mol. The first kappa shape index (κ1) is 11.5. The van der Waals surface area contributed by atoms with E-state index in [2.05, 4.69) is 30.7 Å². The van der Waals surface area contributed by atoms with Crippen molar-refractivity contribution in [2.75, 3.05) is 6.61 Å². The van der Waals surface area contributed by atoms with Gasteiger partial charge in [-0.1, -0.05) is 30.4 Å². The largest absolute Gasteiger partial charge is 0.472 e. The number of hydrogen-bond donors (Lipinski definition) is 0. The number of ether oxygens (including phenoxy) is 1. The summed E-state index contributed by atoms with van der Waals surface area (Å²) in [6.45, 7) is 8.17. The number of benzene rings is 1. The van der Waals surface area contributed by atoms with E-state index in [1.165, 1.54) is 5.56 Å². The van der Waals surface area contributed by atoms with E-state index < -0.39 is 0 Å². The summed E-state index contributed by atoms with van der Waals surface area (Å²) in [5, 5.41) is 4.39. The second-order valence-corrected chi connectivity index (χ2v) is 3.97. The standard InChI is InChI=1S/C14H16N2O/c1-4-9-17-14-10-12(3)16(15-14)13-7-5-11(2)6-8-13/h4-8,10H,1,9H2,2-3H3. The quantitative estimate of drug-likeness (QED) is 0.752. The van der Waals surface area contributed by atoms with E-state index in [0.29, 0.717) is 12.5 Å². The normalized spacial score (nSPS) is 10.2. The molecule has 2 aromatic rings. The zero-order valence-electron chi connectivity index (χ0n) is 10.2. The SMILES string of the molecule is C=CCOc1cc(C)n(-c2ccc(C)cc2)n1. The number of rotatable bonds is 4. The van der Waals surface area contributed by atoms with Crippen LogP contribution >= 0.6 is 0 Å². The minimum Gasteiger partial charge on any atom is -0.472 e. The minimum absolute atomic E-state index is 0.477. The van der Waals surface area contributed by atoms with Gasteiger partial charge in [0.05, 0.1) is 5.69 Å². The van der Waals surface area contributed by atoms with Crippen molar-refractivity contribution in [1.29, 1.82) is 0 Å². The molecule has 0 N–H and O–H groups in total. The van der Waals surface area contributed by atoms with Gasteiger partial charge in [0.1, 0.15) is 6.61 Å². The highest BCUT2D eigenvalue weighted by Crippen LogP contribution is 2.16. The molecule has 17 heavy (non-hydrogen) atoms. The molecule has 0 aliphatic carbocycles. The van der Waals surface area contributed by atoms with Crippen LogP contribution in [-0.2, 0) is 0 Å². The molecule has 1 heterocycles. The Labute approximate surface area is 101 Å². The molecule has 0 fully saturated rings. The van der Waals surface area contributed by atoms with Gasteiger partial charge < -0.3 is 4.74 Å². The maximum absolute atomic E-state index is 5.41. The summed E-state index contributed by atoms with van der Waals surface area (Å²) < 4.78 is 7.28. The predicted octanol–water partition coefficient (Wildman–Crippen LogP) is 3.05. The third-order valence-electron chi connectivity index (χ3n) is 2.49. The fraction of sp³-hybridized carbons (Fsp3) is 0.214. The summed E-state index contributed by atoms with van der Waals surface area (Å²) in [4.78, 5) is 0. The number of aromatic nitrogens is 2. The molecule has 2 rings (SSSR count). The first-order chi connectivity index (χ1) is 8.20. The van der Waals surface area contributed by atoms with Crippen LogP contribution in [0.5, 0.6) is 5.88 Å². The highest BCUT2D eigenvalue weighted by Gasteiger charge is 2.06. The lowest BCUT2D eigenvalue weighted by Crippen LogP contribution is -1.99. The molecule has 0 unspecified atom stereocenters. The third-order valence-corrected chi connectivity index (χ3v) is 2.49. The number of hydrogen-bond acceptors (Lipinski definition) is 2. The van der Waals surface area contributed by atoms with Crippen LogP contribution in [0.1, 0.15) is 11.3 Å². The molecule has 0 aliphatic rings. The Morgan fingerprint density at radius 1 is 1.29 bits per heavy atom. The zero-order chi connectivity index (χ0) is 12.3. The van der Waals surface area contributed by atoms with Crippen molar-refractivity contribution in [2.45, 2.75) is 13.8 Å². The maximum Gasteiger partial charge on any atom is 0.233 e. The lowest BCUT2D eigenvalue weighted by atomic mass is 10.2. The lowest BCUT2D eigenvalue weighted by Gasteiger charge is -2.04. The highest BCUT2D eigenvalue weighted by atomic mass is 16.5. The molecular formula is C14H16N2O. The van der Waals surface area contributed by atoms with Gasteiger partial charge in [-0.3, -0.25) is 0 Å². The molecule has 0 radical (unpaired) electrons. The zero-order valence-corrected chi connectivity index (χ0v) is 10.2. The van der Waals surface area contributed by atoms with Gasteiger partial charge in [-0.25, -0.2) is 4.68 Å². The van der Waals surface area contributed by atoms with E-state index in [0.717, 1.165) is 11.4 Å². The Hall–Kier alpha value is -2.03. The van der Waals surface area contributed by atoms with Crippen LogP contribution in [-0.4, -0.2) is 16.4 Å². The molecule has 88 valence electrons. The van der Waals surface area contributed by atoms with Gasteiger partial charge in [-0.15, -0.1) is 5.10 Å². The van der Waals surface area contributed by atoms with Crippen molar-refractivity contribution in [1.82, 2.24) is 9.78 Å². The summed E-state index contributed by atoms with van der Waals surface area (Å²) in [5.41, 5.74) is 3.33. The third kappa shape index (κ3) is 2.56. The van der Waals surface area contributed by atoms with Crippen LogP contribution in [0.15, 0.2) is 43.0 Å². The van der Waals surface area contributed by atoms with E-state index in [-0.39, 0.29) is 0 Å². The van der Waals surface area contributed by atoms with E-state index in [1.54, 1.807) is 6.08 Å². The molecule has 1 aromatic heterocycles. The van der Waals surface area contributed by atoms with Crippen LogP contribution in [0.4, 0.5) is 0 Å². The molecule has 0 amide bonds. The summed E-state index contributed by atoms with van der Waals surface area (Å²) in [6, 6.07) is 10.2. The Kier molecular flexibility index (Phi) is 3.28. The van der Waals surface area contributed by atoms with Gasteiger partial charge in [-0.05, 0) is 26.0 Å². The molecule has 3 heteroatoms. The maximum atomic E-state index is 5.41. The second-order valence-electron chi connectivity index (χ2n) is 3.97. The van der Waals surface area contributed by atoms with Crippen molar-refractivity contribution in [2.24, 2.45) is 0 Å². The molecule has 3 nitrogen and oxygen atoms in total. The van der Waals surface area contributed by atoms with Crippen LogP contribution in [0, 0.1) is 13.8 Å². The molecule has 0 spiro atoms. The molecule has 0 bridgehead atoms. The Bertz CT molecular complexity index is 512. The van der Waals surface area contributed by atoms with Crippen molar-refractivity contribution in [3.63, 3.8) is 0 Å². The summed E-state index contributed by atoms with van der Waals surface area (Å²) in [7, 11) is 0. The van der Waals surface area contributed by atoms with Crippen LogP contribution in [0.25, 0.3) is 5.69 Å². The van der Waals surface area contributed by atoms with Crippen LogP contribution in [0.3, 0.4) is 0 Å². The fourth-order valence-electron chi connectivity index (χ4n) is 1.61. The first-order valence-electron chi connectivity index (χ1n) is 5.58. The van der Waals surface area contributed by atoms with E-state index >= 15 is 0 Å². The second kappa shape index (κ2) is 4.87. The molecule has 1 aromatic carbocycles. The summed E-state index contributed by atoms with van der Waals surface area (Å²) >= 11 is 0. The van der Waals surface area contributed by atoms with Crippen molar-refractivity contribution < 1.29 is 4.74 Å². The number of aryl methyl sites for hydroxylation is 2. The first-order valence-corrected chi connectivity index (χ1v) is 5.58. The van der Waals surface area contributed by atoms with Crippen LogP contribution in [0.2, 0.25) is 0 Å². The molecule has 0 aliphatic heterocycles. The molecule has 0 saturated heterocycles. The summed E-state index contributed by atoms with van der Waals surface area (Å²) in [6.07, 6.45) is 1.71. The fourth-order valence-corrected chi connectivity index (χ4v) is 1.61. The van der Waals surface area contributed by atoms with Gasteiger partial charge in [0.2, 0.25) is 5.88 Å².